The highest BCUT2D eigenvalue weighted by Gasteiger charge is 2.38. The van der Waals surface area contributed by atoms with Crippen LogP contribution in [0, 0.1) is 5.92 Å². The number of rotatable bonds is 6. The number of benzene rings is 2. The molecule has 0 bridgehead atoms. The Bertz CT molecular complexity index is 1420. The first-order chi connectivity index (χ1) is 19.0. The van der Waals surface area contributed by atoms with E-state index in [-0.39, 0.29) is 16.8 Å². The van der Waals surface area contributed by atoms with Crippen LogP contribution in [0.3, 0.4) is 0 Å². The minimum atomic E-state index is -5.08. The standard InChI is InChI=1S/C24H24F3N3O3S.C2HF3O2/c1-34(31,32)21-8-4-19(5-9-21)18-2-6-20(7-3-18)33-16-17-11-14-30(15-12-17)23-28-13-10-22(29-23)24(25,26)27;3-2(4,5)1(6)7/h2-10,13,17H,11-12,14-16H2,1H3;(H,6,7). The molecule has 8 nitrogen and oxygen atoms in total. The number of aromatic nitrogens is 2. The van der Waals surface area contributed by atoms with E-state index in [1.807, 2.05) is 24.3 Å². The van der Waals surface area contributed by atoms with Gasteiger partial charge in [0, 0.05) is 25.5 Å². The highest BCUT2D eigenvalue weighted by molar-refractivity contribution is 7.90. The molecular formula is C26H25F6N3O5S. The molecule has 1 aliphatic rings. The average Bonchev–Trinajstić information content (AvgIpc) is 2.91. The molecule has 0 radical (unpaired) electrons. The zero-order valence-corrected chi connectivity index (χ0v) is 22.3. The van der Waals surface area contributed by atoms with Crippen molar-refractivity contribution in [2.45, 2.75) is 30.1 Å². The van der Waals surface area contributed by atoms with Gasteiger partial charge in [0.2, 0.25) is 5.95 Å². The van der Waals surface area contributed by atoms with Gasteiger partial charge in [0.1, 0.15) is 11.4 Å². The largest absolute Gasteiger partial charge is 0.493 e. The van der Waals surface area contributed by atoms with E-state index >= 15 is 0 Å². The third kappa shape index (κ3) is 9.33. The van der Waals surface area contributed by atoms with E-state index in [1.165, 1.54) is 6.26 Å². The van der Waals surface area contributed by atoms with Gasteiger partial charge in [-0.15, -0.1) is 0 Å². The first kappa shape index (κ1) is 31.6. The molecule has 15 heteroatoms. The summed E-state index contributed by atoms with van der Waals surface area (Å²) in [6.45, 7) is 1.65. The monoisotopic (exact) mass is 605 g/mol. The third-order valence-corrected chi connectivity index (χ3v) is 7.16. The number of carboxylic acids is 1. The van der Waals surface area contributed by atoms with E-state index in [0.29, 0.717) is 19.7 Å². The Morgan fingerprint density at radius 3 is 1.93 bits per heavy atom. The molecule has 1 fully saturated rings. The van der Waals surface area contributed by atoms with Crippen molar-refractivity contribution in [3.63, 3.8) is 0 Å². The van der Waals surface area contributed by atoms with Crippen LogP contribution in [0.25, 0.3) is 11.1 Å². The molecule has 1 N–H and O–H groups in total. The van der Waals surface area contributed by atoms with Gasteiger partial charge in [-0.2, -0.15) is 26.3 Å². The highest BCUT2D eigenvalue weighted by Crippen LogP contribution is 2.29. The molecule has 0 saturated carbocycles. The maximum atomic E-state index is 12.9. The lowest BCUT2D eigenvalue weighted by molar-refractivity contribution is -0.192. The van der Waals surface area contributed by atoms with Crippen LogP contribution in [-0.2, 0) is 20.8 Å². The molecule has 3 aromatic rings. The van der Waals surface area contributed by atoms with Crippen molar-refractivity contribution >= 4 is 21.8 Å². The lowest BCUT2D eigenvalue weighted by Crippen LogP contribution is -2.36. The van der Waals surface area contributed by atoms with Crippen molar-refractivity contribution in [3.8, 4) is 16.9 Å². The lowest BCUT2D eigenvalue weighted by Gasteiger charge is -2.32. The number of sulfone groups is 1. The SMILES string of the molecule is CS(=O)(=O)c1ccc(-c2ccc(OCC3CCN(c4nccc(C(F)(F)F)n4)CC3)cc2)cc1.O=C(O)C(F)(F)F. The minimum Gasteiger partial charge on any atom is -0.493 e. The number of hydrogen-bond acceptors (Lipinski definition) is 7. The normalized spacial score (nSPS) is 14.7. The summed E-state index contributed by atoms with van der Waals surface area (Å²) >= 11 is 0. The second-order valence-electron chi connectivity index (χ2n) is 9.10. The molecule has 222 valence electrons. The van der Waals surface area contributed by atoms with Gasteiger partial charge in [0.05, 0.1) is 11.5 Å². The molecule has 1 aliphatic heterocycles. The predicted molar refractivity (Wildman–Crippen MR) is 136 cm³/mol. The molecule has 0 atom stereocenters. The van der Waals surface area contributed by atoms with Crippen molar-refractivity contribution in [2.75, 3.05) is 30.9 Å². The van der Waals surface area contributed by atoms with Crippen molar-refractivity contribution in [3.05, 3.63) is 66.5 Å². The van der Waals surface area contributed by atoms with Crippen LogP contribution in [0.4, 0.5) is 32.3 Å². The van der Waals surface area contributed by atoms with Crippen molar-refractivity contribution in [1.29, 1.82) is 0 Å². The fourth-order valence-electron chi connectivity index (χ4n) is 3.81. The summed E-state index contributed by atoms with van der Waals surface area (Å²) < 4.78 is 99.5. The summed E-state index contributed by atoms with van der Waals surface area (Å²) in [7, 11) is -3.23. The fraction of sp³-hybridized carbons (Fsp3) is 0.346. The van der Waals surface area contributed by atoms with Crippen LogP contribution in [0.15, 0.2) is 65.7 Å². The van der Waals surface area contributed by atoms with Gasteiger partial charge in [0.15, 0.2) is 9.84 Å². The van der Waals surface area contributed by atoms with Crippen molar-refractivity contribution < 1.29 is 49.4 Å². The van der Waals surface area contributed by atoms with Crippen molar-refractivity contribution in [1.82, 2.24) is 9.97 Å². The first-order valence-corrected chi connectivity index (χ1v) is 13.9. The Balaban J connectivity index is 0.000000587. The number of anilines is 1. The van der Waals surface area contributed by atoms with Gasteiger partial charge in [0.25, 0.3) is 0 Å². The molecule has 0 aliphatic carbocycles. The van der Waals surface area contributed by atoms with Crippen molar-refractivity contribution in [2.24, 2.45) is 5.92 Å². The number of aliphatic carboxylic acids is 1. The predicted octanol–water partition coefficient (Wildman–Crippen LogP) is 5.49. The maximum Gasteiger partial charge on any atom is 0.490 e. The van der Waals surface area contributed by atoms with Gasteiger partial charge >= 0.3 is 18.3 Å². The van der Waals surface area contributed by atoms with E-state index < -0.39 is 33.9 Å². The molecule has 0 amide bonds. The molecule has 2 aromatic carbocycles. The summed E-state index contributed by atoms with van der Waals surface area (Å²) in [5.74, 6) is -1.65. The average molecular weight is 606 g/mol. The minimum absolute atomic E-state index is 0.106. The number of carboxylic acid groups (broad SMARTS) is 1. The smallest absolute Gasteiger partial charge is 0.490 e. The first-order valence-electron chi connectivity index (χ1n) is 12.0. The number of nitrogens with zero attached hydrogens (tertiary/aromatic N) is 3. The molecule has 0 unspecified atom stereocenters. The topological polar surface area (TPSA) is 110 Å². The second kappa shape index (κ2) is 12.7. The van der Waals surface area contributed by atoms with Gasteiger partial charge in [-0.25, -0.2) is 23.2 Å². The number of ether oxygens (including phenoxy) is 1. The lowest BCUT2D eigenvalue weighted by atomic mass is 9.98. The number of halogens is 6. The summed E-state index contributed by atoms with van der Waals surface area (Å²) in [5, 5.41) is 7.12. The quantitative estimate of drug-likeness (QED) is 0.367. The zero-order valence-electron chi connectivity index (χ0n) is 21.5. The molecular weight excluding hydrogens is 580 g/mol. The molecule has 4 rings (SSSR count). The maximum absolute atomic E-state index is 12.9. The van der Waals surface area contributed by atoms with Gasteiger partial charge in [-0.3, -0.25) is 0 Å². The van der Waals surface area contributed by atoms with Gasteiger partial charge in [-0.1, -0.05) is 24.3 Å². The van der Waals surface area contributed by atoms with Crippen LogP contribution in [-0.4, -0.2) is 61.6 Å². The number of piperidine rings is 1. The molecule has 41 heavy (non-hydrogen) atoms. The third-order valence-electron chi connectivity index (χ3n) is 6.03. The van der Waals surface area contributed by atoms with Crippen LogP contribution >= 0.6 is 0 Å². The molecule has 1 saturated heterocycles. The Morgan fingerprint density at radius 1 is 0.951 bits per heavy atom. The molecule has 0 spiro atoms. The second-order valence-corrected chi connectivity index (χ2v) is 11.1. The van der Waals surface area contributed by atoms with Gasteiger partial charge < -0.3 is 14.7 Å². The molecule has 1 aromatic heterocycles. The Hall–Kier alpha value is -3.88. The number of carbonyl (C=O) groups is 1. The van der Waals surface area contributed by atoms with E-state index in [4.69, 9.17) is 14.6 Å². The number of alkyl halides is 6. The zero-order chi connectivity index (χ0) is 30.4. The number of hydrogen-bond donors (Lipinski definition) is 1. The van der Waals surface area contributed by atoms with Crippen LogP contribution < -0.4 is 9.64 Å². The highest BCUT2D eigenvalue weighted by atomic mass is 32.2. The van der Waals surface area contributed by atoms with Crippen LogP contribution in [0.5, 0.6) is 5.75 Å². The Labute approximate surface area is 231 Å². The summed E-state index contributed by atoms with van der Waals surface area (Å²) in [6, 6.07) is 15.2. The van der Waals surface area contributed by atoms with Crippen LogP contribution in [0.1, 0.15) is 18.5 Å². The van der Waals surface area contributed by atoms with E-state index in [2.05, 4.69) is 9.97 Å². The molecule has 2 heterocycles. The Kier molecular flexibility index (Phi) is 9.84. The summed E-state index contributed by atoms with van der Waals surface area (Å²) in [4.78, 5) is 18.6. The summed E-state index contributed by atoms with van der Waals surface area (Å²) in [6.07, 6.45) is -5.71. The van der Waals surface area contributed by atoms with E-state index in [0.717, 1.165) is 42.0 Å². The van der Waals surface area contributed by atoms with Gasteiger partial charge in [-0.05, 0) is 60.2 Å². The fourth-order valence-corrected chi connectivity index (χ4v) is 4.44. The summed E-state index contributed by atoms with van der Waals surface area (Å²) in [5.41, 5.74) is 0.919. The van der Waals surface area contributed by atoms with E-state index in [9.17, 15) is 34.8 Å². The van der Waals surface area contributed by atoms with E-state index in [1.54, 1.807) is 29.2 Å². The van der Waals surface area contributed by atoms with Crippen LogP contribution in [0.2, 0.25) is 0 Å². The Morgan fingerprint density at radius 2 is 1.46 bits per heavy atom.